The molecule has 0 saturated carbocycles. The number of rotatable bonds is 5. The van der Waals surface area contributed by atoms with Crippen LogP contribution in [0.4, 0.5) is 11.4 Å². The molecule has 3 aromatic rings. The smallest absolute Gasteiger partial charge is 0.278 e. The number of carbonyl (C=O) groups is 2. The Labute approximate surface area is 175 Å². The van der Waals surface area contributed by atoms with Crippen LogP contribution in [0.3, 0.4) is 0 Å². The predicted octanol–water partition coefficient (Wildman–Crippen LogP) is 4.44. The molecule has 7 nitrogen and oxygen atoms in total. The zero-order chi connectivity index (χ0) is 20.3. The van der Waals surface area contributed by atoms with Crippen molar-refractivity contribution in [3.8, 4) is 0 Å². The van der Waals surface area contributed by atoms with Gasteiger partial charge in [0.2, 0.25) is 5.91 Å². The number of amides is 2. The molecule has 2 amide bonds. The predicted molar refractivity (Wildman–Crippen MR) is 109 cm³/mol. The second-order valence-electron chi connectivity index (χ2n) is 5.85. The lowest BCUT2D eigenvalue weighted by Crippen LogP contribution is -2.21. The molecule has 1 aromatic heterocycles. The first kappa shape index (κ1) is 20.1. The highest BCUT2D eigenvalue weighted by molar-refractivity contribution is 6.35. The van der Waals surface area contributed by atoms with Gasteiger partial charge in [0, 0.05) is 26.4 Å². The number of halogens is 3. The molecule has 0 aliphatic carbocycles. The fourth-order valence-corrected chi connectivity index (χ4v) is 3.16. The van der Waals surface area contributed by atoms with E-state index in [4.69, 9.17) is 34.8 Å². The van der Waals surface area contributed by atoms with E-state index >= 15 is 0 Å². The van der Waals surface area contributed by atoms with Crippen molar-refractivity contribution < 1.29 is 9.59 Å². The largest absolute Gasteiger partial charge is 0.324 e. The first-order valence-electron chi connectivity index (χ1n) is 8.05. The van der Waals surface area contributed by atoms with Crippen LogP contribution in [0.5, 0.6) is 0 Å². The standard InChI is InChI=1S/C18H14Cl3N5O2/c1-10-17(18(28)23-15-7-12(20)5-13(21)8-15)24-25-26(10)9-16(27)22-14-4-2-3-11(19)6-14/h2-8H,9H2,1H3,(H,22,27)(H,23,28). The molecule has 10 heteroatoms. The minimum absolute atomic E-state index is 0.0895. The van der Waals surface area contributed by atoms with E-state index in [0.717, 1.165) is 0 Å². The molecule has 28 heavy (non-hydrogen) atoms. The van der Waals surface area contributed by atoms with Crippen molar-refractivity contribution in [1.29, 1.82) is 0 Å². The molecule has 0 aliphatic heterocycles. The van der Waals surface area contributed by atoms with Gasteiger partial charge in [0.25, 0.3) is 5.91 Å². The minimum Gasteiger partial charge on any atom is -0.324 e. The molecule has 3 rings (SSSR count). The van der Waals surface area contributed by atoms with Gasteiger partial charge in [-0.3, -0.25) is 9.59 Å². The van der Waals surface area contributed by atoms with Crippen molar-refractivity contribution >= 4 is 58.0 Å². The summed E-state index contributed by atoms with van der Waals surface area (Å²) in [6.07, 6.45) is 0. The van der Waals surface area contributed by atoms with Crippen LogP contribution in [-0.2, 0) is 11.3 Å². The number of nitrogens with one attached hydrogen (secondary N) is 2. The summed E-state index contributed by atoms with van der Waals surface area (Å²) in [7, 11) is 0. The van der Waals surface area contributed by atoms with E-state index in [1.165, 1.54) is 4.68 Å². The van der Waals surface area contributed by atoms with Crippen molar-refractivity contribution in [2.45, 2.75) is 13.5 Å². The summed E-state index contributed by atoms with van der Waals surface area (Å²) < 4.78 is 1.33. The van der Waals surface area contributed by atoms with Crippen LogP contribution in [0, 0.1) is 6.92 Å². The highest BCUT2D eigenvalue weighted by Gasteiger charge is 2.18. The summed E-state index contributed by atoms with van der Waals surface area (Å²) in [6.45, 7) is 1.54. The molecular formula is C18H14Cl3N5O2. The van der Waals surface area contributed by atoms with Gasteiger partial charge in [-0.1, -0.05) is 46.1 Å². The number of hydrogen-bond donors (Lipinski definition) is 2. The van der Waals surface area contributed by atoms with Crippen LogP contribution >= 0.6 is 34.8 Å². The van der Waals surface area contributed by atoms with Crippen molar-refractivity contribution in [3.05, 3.63) is 68.9 Å². The number of aromatic nitrogens is 3. The topological polar surface area (TPSA) is 88.9 Å². The molecule has 0 bridgehead atoms. The molecule has 0 radical (unpaired) electrons. The molecule has 0 spiro atoms. The highest BCUT2D eigenvalue weighted by Crippen LogP contribution is 2.23. The van der Waals surface area contributed by atoms with Gasteiger partial charge in [0.15, 0.2) is 5.69 Å². The average molecular weight is 439 g/mol. The Morgan fingerprint density at radius 1 is 0.964 bits per heavy atom. The lowest BCUT2D eigenvalue weighted by Gasteiger charge is -2.07. The van der Waals surface area contributed by atoms with E-state index in [2.05, 4.69) is 20.9 Å². The average Bonchev–Trinajstić information content (AvgIpc) is 2.94. The van der Waals surface area contributed by atoms with Gasteiger partial charge >= 0.3 is 0 Å². The van der Waals surface area contributed by atoms with Gasteiger partial charge in [-0.15, -0.1) is 5.10 Å². The second kappa shape index (κ2) is 8.60. The van der Waals surface area contributed by atoms with Crippen LogP contribution in [0.25, 0.3) is 0 Å². The number of carbonyl (C=O) groups excluding carboxylic acids is 2. The van der Waals surface area contributed by atoms with Crippen LogP contribution in [-0.4, -0.2) is 26.8 Å². The quantitative estimate of drug-likeness (QED) is 0.616. The van der Waals surface area contributed by atoms with Crippen LogP contribution < -0.4 is 10.6 Å². The van der Waals surface area contributed by atoms with Gasteiger partial charge in [0.05, 0.1) is 5.69 Å². The molecule has 0 aliphatic rings. The Morgan fingerprint density at radius 2 is 1.64 bits per heavy atom. The van der Waals surface area contributed by atoms with Crippen LogP contribution in [0.2, 0.25) is 15.1 Å². The molecule has 0 atom stereocenters. The van der Waals surface area contributed by atoms with Gasteiger partial charge in [-0.05, 0) is 43.3 Å². The van der Waals surface area contributed by atoms with E-state index in [-0.39, 0.29) is 18.1 Å². The molecule has 0 fully saturated rings. The summed E-state index contributed by atoms with van der Waals surface area (Å²) in [5, 5.41) is 14.4. The minimum atomic E-state index is -0.489. The molecule has 0 unspecified atom stereocenters. The summed E-state index contributed by atoms with van der Waals surface area (Å²) in [5.74, 6) is -0.818. The first-order valence-corrected chi connectivity index (χ1v) is 9.18. The van der Waals surface area contributed by atoms with Crippen molar-refractivity contribution in [1.82, 2.24) is 15.0 Å². The third-order valence-corrected chi connectivity index (χ3v) is 4.39. The normalized spacial score (nSPS) is 10.6. The molecule has 2 aromatic carbocycles. The van der Waals surface area contributed by atoms with Crippen molar-refractivity contribution in [2.75, 3.05) is 10.6 Å². The van der Waals surface area contributed by atoms with E-state index in [9.17, 15) is 9.59 Å². The molecular weight excluding hydrogens is 425 g/mol. The number of benzene rings is 2. The Hall–Kier alpha value is -2.61. The molecule has 1 heterocycles. The Balaban J connectivity index is 1.69. The third kappa shape index (κ3) is 5.01. The molecule has 144 valence electrons. The fraction of sp³-hybridized carbons (Fsp3) is 0.111. The van der Waals surface area contributed by atoms with Gasteiger partial charge in [0.1, 0.15) is 6.54 Å². The first-order chi connectivity index (χ1) is 13.3. The van der Waals surface area contributed by atoms with Gasteiger partial charge < -0.3 is 10.6 Å². The lowest BCUT2D eigenvalue weighted by molar-refractivity contribution is -0.117. The summed E-state index contributed by atoms with van der Waals surface area (Å²) >= 11 is 17.8. The van der Waals surface area contributed by atoms with Gasteiger partial charge in [-0.2, -0.15) is 0 Å². The summed E-state index contributed by atoms with van der Waals surface area (Å²) in [4.78, 5) is 24.7. The molecule has 0 saturated heterocycles. The van der Waals surface area contributed by atoms with E-state index in [0.29, 0.717) is 32.1 Å². The highest BCUT2D eigenvalue weighted by atomic mass is 35.5. The number of anilines is 2. The number of nitrogens with zero attached hydrogens (tertiary/aromatic N) is 3. The summed E-state index contributed by atoms with van der Waals surface area (Å²) in [6, 6.07) is 11.4. The van der Waals surface area contributed by atoms with Crippen LogP contribution in [0.15, 0.2) is 42.5 Å². The maximum atomic E-state index is 12.5. The molecule has 2 N–H and O–H groups in total. The Kier molecular flexibility index (Phi) is 6.18. The van der Waals surface area contributed by atoms with E-state index in [1.807, 2.05) is 0 Å². The monoisotopic (exact) mass is 437 g/mol. The zero-order valence-electron chi connectivity index (χ0n) is 14.5. The van der Waals surface area contributed by atoms with E-state index in [1.54, 1.807) is 49.4 Å². The second-order valence-corrected chi connectivity index (χ2v) is 7.16. The number of hydrogen-bond acceptors (Lipinski definition) is 4. The van der Waals surface area contributed by atoms with Crippen molar-refractivity contribution in [3.63, 3.8) is 0 Å². The maximum absolute atomic E-state index is 12.5. The Bertz CT molecular complexity index is 1030. The SMILES string of the molecule is Cc1c(C(=O)Nc2cc(Cl)cc(Cl)c2)nnn1CC(=O)Nc1cccc(Cl)c1. The summed E-state index contributed by atoms with van der Waals surface area (Å²) in [5.41, 5.74) is 1.51. The fourth-order valence-electron chi connectivity index (χ4n) is 2.44. The van der Waals surface area contributed by atoms with E-state index < -0.39 is 5.91 Å². The van der Waals surface area contributed by atoms with Gasteiger partial charge in [-0.25, -0.2) is 4.68 Å². The third-order valence-electron chi connectivity index (χ3n) is 3.72. The zero-order valence-corrected chi connectivity index (χ0v) is 16.8. The van der Waals surface area contributed by atoms with Crippen molar-refractivity contribution in [2.24, 2.45) is 0 Å². The lowest BCUT2D eigenvalue weighted by atomic mass is 10.2. The van der Waals surface area contributed by atoms with Crippen LogP contribution in [0.1, 0.15) is 16.2 Å². The maximum Gasteiger partial charge on any atom is 0.278 e. The Morgan fingerprint density at radius 3 is 2.32 bits per heavy atom.